The van der Waals surface area contributed by atoms with Gasteiger partial charge in [0.15, 0.2) is 0 Å². The van der Waals surface area contributed by atoms with Gasteiger partial charge in [-0.2, -0.15) is 0 Å². The molecule has 0 heteroatoms. The molecule has 0 radical (unpaired) electrons. The van der Waals surface area contributed by atoms with Crippen molar-refractivity contribution in [1.29, 1.82) is 0 Å². The summed E-state index contributed by atoms with van der Waals surface area (Å²) in [4.78, 5) is 0. The van der Waals surface area contributed by atoms with Crippen LogP contribution in [0, 0.1) is 29.6 Å². The first-order valence-corrected chi connectivity index (χ1v) is 15.8. The van der Waals surface area contributed by atoms with Gasteiger partial charge in [-0.25, -0.2) is 0 Å². The molecule has 5 rings (SSSR count). The van der Waals surface area contributed by atoms with Crippen molar-refractivity contribution in [3.8, 4) is 0 Å². The molecule has 3 fully saturated rings. The summed E-state index contributed by atoms with van der Waals surface area (Å²) in [6.45, 7) is 7.06. The Morgan fingerprint density at radius 1 is 0.528 bits per heavy atom. The molecule has 0 unspecified atom stereocenters. The van der Waals surface area contributed by atoms with Gasteiger partial charge in [-0.05, 0) is 116 Å². The van der Waals surface area contributed by atoms with Gasteiger partial charge in [0.1, 0.15) is 0 Å². The van der Waals surface area contributed by atoms with Crippen LogP contribution in [0.4, 0.5) is 0 Å². The predicted octanol–water partition coefficient (Wildman–Crippen LogP) is 10.3. The van der Waals surface area contributed by atoms with Gasteiger partial charge in [0.25, 0.3) is 0 Å². The third-order valence-corrected chi connectivity index (χ3v) is 11.1. The van der Waals surface area contributed by atoms with Gasteiger partial charge in [-0.3, -0.25) is 0 Å². The van der Waals surface area contributed by atoms with Gasteiger partial charge in [0.2, 0.25) is 0 Å². The maximum atomic E-state index is 2.55. The van der Waals surface area contributed by atoms with E-state index in [0.29, 0.717) is 0 Å². The molecule has 0 heterocycles. The lowest BCUT2D eigenvalue weighted by atomic mass is 9.52. The highest BCUT2D eigenvalue weighted by molar-refractivity contribution is 5.44. The summed E-state index contributed by atoms with van der Waals surface area (Å²) in [5.74, 6) is 4.53. The van der Waals surface area contributed by atoms with Gasteiger partial charge in [-0.1, -0.05) is 101 Å². The SMILES string of the molecule is CCc1ccc(C(c2ccc(CC)cc2)(C2CCCCC2)C2CCC(C3CCC(C)CC3)CC2)cc1. The molecule has 2 aromatic carbocycles. The minimum absolute atomic E-state index is 0.186. The first-order chi connectivity index (χ1) is 17.6. The summed E-state index contributed by atoms with van der Waals surface area (Å²) in [5.41, 5.74) is 6.41. The maximum Gasteiger partial charge on any atom is 0.0259 e. The zero-order chi connectivity index (χ0) is 25.0. The highest BCUT2D eigenvalue weighted by Crippen LogP contribution is 2.56. The molecule has 0 spiro atoms. The molecular weight excluding hydrogens is 432 g/mol. The van der Waals surface area contributed by atoms with Crippen molar-refractivity contribution in [2.45, 2.75) is 122 Å². The maximum absolute atomic E-state index is 2.55. The van der Waals surface area contributed by atoms with E-state index in [1.54, 1.807) is 11.1 Å². The van der Waals surface area contributed by atoms with Crippen LogP contribution in [-0.4, -0.2) is 0 Å². The van der Waals surface area contributed by atoms with Crippen LogP contribution in [0.15, 0.2) is 48.5 Å². The monoisotopic (exact) mass is 484 g/mol. The second-order valence-corrected chi connectivity index (χ2v) is 12.9. The van der Waals surface area contributed by atoms with E-state index in [1.165, 1.54) is 94.6 Å². The molecule has 3 aliphatic carbocycles. The Kier molecular flexibility index (Phi) is 8.60. The normalized spacial score (nSPS) is 28.2. The summed E-state index contributed by atoms with van der Waals surface area (Å²) in [6.07, 6.45) is 21.1. The fraction of sp³-hybridized carbons (Fsp3) is 0.667. The minimum Gasteiger partial charge on any atom is -0.0625 e. The van der Waals surface area contributed by atoms with E-state index < -0.39 is 0 Å². The second-order valence-electron chi connectivity index (χ2n) is 12.9. The Balaban J connectivity index is 1.52. The van der Waals surface area contributed by atoms with E-state index in [-0.39, 0.29) is 5.41 Å². The second kappa shape index (κ2) is 11.9. The molecule has 0 nitrogen and oxygen atoms in total. The Morgan fingerprint density at radius 2 is 0.944 bits per heavy atom. The highest BCUT2D eigenvalue weighted by atomic mass is 14.5. The van der Waals surface area contributed by atoms with Gasteiger partial charge in [-0.15, -0.1) is 0 Å². The average Bonchev–Trinajstić information content (AvgIpc) is 2.95. The largest absolute Gasteiger partial charge is 0.0625 e. The quantitative estimate of drug-likeness (QED) is 0.366. The molecule has 0 amide bonds. The Bertz CT molecular complexity index is 866. The number of rotatable bonds is 7. The van der Waals surface area contributed by atoms with Crippen LogP contribution in [0.25, 0.3) is 0 Å². The Hall–Kier alpha value is -1.56. The van der Waals surface area contributed by atoms with E-state index in [4.69, 9.17) is 0 Å². The fourth-order valence-corrected chi connectivity index (χ4v) is 8.84. The van der Waals surface area contributed by atoms with E-state index >= 15 is 0 Å². The molecule has 2 aromatic rings. The van der Waals surface area contributed by atoms with Gasteiger partial charge >= 0.3 is 0 Å². The Labute approximate surface area is 222 Å². The van der Waals surface area contributed by atoms with Gasteiger partial charge in [0.05, 0.1) is 0 Å². The average molecular weight is 485 g/mol. The first kappa shape index (κ1) is 26.1. The van der Waals surface area contributed by atoms with Crippen LogP contribution in [-0.2, 0) is 18.3 Å². The third-order valence-electron chi connectivity index (χ3n) is 11.1. The van der Waals surface area contributed by atoms with E-state index in [2.05, 4.69) is 69.3 Å². The third kappa shape index (κ3) is 5.21. The molecule has 3 saturated carbocycles. The lowest BCUT2D eigenvalue weighted by Crippen LogP contribution is -2.46. The standard InChI is InChI=1S/C36H52/c1-4-28-13-21-33(22-14-28)36(32-9-7-6-8-10-32,34-23-15-29(5-2)16-24-34)35-25-19-31(20-26-35)30-17-11-27(3)12-18-30/h13-16,21-24,27,30-32,35H,4-12,17-20,25-26H2,1-3H3. The molecule has 0 atom stereocenters. The number of hydrogen-bond acceptors (Lipinski definition) is 0. The van der Waals surface area contributed by atoms with Crippen LogP contribution in [0.3, 0.4) is 0 Å². The Morgan fingerprint density at radius 3 is 1.39 bits per heavy atom. The molecule has 0 aliphatic heterocycles. The van der Waals surface area contributed by atoms with E-state index in [9.17, 15) is 0 Å². The van der Waals surface area contributed by atoms with Crippen LogP contribution in [0.5, 0.6) is 0 Å². The summed E-state index contributed by atoms with van der Waals surface area (Å²) >= 11 is 0. The molecule has 0 bridgehead atoms. The van der Waals surface area contributed by atoms with E-state index in [1.807, 2.05) is 0 Å². The van der Waals surface area contributed by atoms with Crippen molar-refractivity contribution in [3.05, 3.63) is 70.8 Å². The van der Waals surface area contributed by atoms with Crippen molar-refractivity contribution >= 4 is 0 Å². The van der Waals surface area contributed by atoms with Crippen LogP contribution in [0.1, 0.15) is 126 Å². The molecule has 36 heavy (non-hydrogen) atoms. The van der Waals surface area contributed by atoms with Crippen molar-refractivity contribution < 1.29 is 0 Å². The number of benzene rings is 2. The summed E-state index contributed by atoms with van der Waals surface area (Å²) in [6, 6.07) is 20.0. The first-order valence-electron chi connectivity index (χ1n) is 15.8. The van der Waals surface area contributed by atoms with Crippen LogP contribution < -0.4 is 0 Å². The van der Waals surface area contributed by atoms with Gasteiger partial charge < -0.3 is 0 Å². The lowest BCUT2D eigenvalue weighted by Gasteiger charge is -2.52. The minimum atomic E-state index is 0.186. The summed E-state index contributed by atoms with van der Waals surface area (Å²) in [7, 11) is 0. The van der Waals surface area contributed by atoms with Crippen molar-refractivity contribution in [2.24, 2.45) is 29.6 Å². The van der Waals surface area contributed by atoms with Gasteiger partial charge in [0, 0.05) is 5.41 Å². The summed E-state index contributed by atoms with van der Waals surface area (Å²) < 4.78 is 0. The number of aryl methyl sites for hydroxylation is 2. The lowest BCUT2D eigenvalue weighted by molar-refractivity contribution is 0.0883. The van der Waals surface area contributed by atoms with E-state index in [0.717, 1.165) is 42.4 Å². The smallest absolute Gasteiger partial charge is 0.0259 e. The fourth-order valence-electron chi connectivity index (χ4n) is 8.84. The van der Waals surface area contributed by atoms with Crippen molar-refractivity contribution in [1.82, 2.24) is 0 Å². The van der Waals surface area contributed by atoms with Crippen LogP contribution in [0.2, 0.25) is 0 Å². The predicted molar refractivity (Wildman–Crippen MR) is 156 cm³/mol. The topological polar surface area (TPSA) is 0 Å². The molecule has 0 N–H and O–H groups in total. The zero-order valence-corrected chi connectivity index (χ0v) is 23.6. The number of hydrogen-bond donors (Lipinski definition) is 0. The molecular formula is C36H52. The van der Waals surface area contributed by atoms with Crippen molar-refractivity contribution in [2.75, 3.05) is 0 Å². The molecule has 0 aromatic heterocycles. The molecule has 196 valence electrons. The molecule has 0 saturated heterocycles. The highest BCUT2D eigenvalue weighted by Gasteiger charge is 2.49. The summed E-state index contributed by atoms with van der Waals surface area (Å²) in [5, 5.41) is 0. The van der Waals surface area contributed by atoms with Crippen LogP contribution >= 0.6 is 0 Å². The zero-order valence-electron chi connectivity index (χ0n) is 23.6. The molecule has 3 aliphatic rings. The van der Waals surface area contributed by atoms with Crippen molar-refractivity contribution in [3.63, 3.8) is 0 Å².